The molecule has 0 radical (unpaired) electrons. The molecule has 0 saturated carbocycles. The fraction of sp³-hybridized carbons (Fsp3) is 0.235. The summed E-state index contributed by atoms with van der Waals surface area (Å²) in [5, 5.41) is 9.31. The summed E-state index contributed by atoms with van der Waals surface area (Å²) < 4.78 is 19.4. The van der Waals surface area contributed by atoms with Gasteiger partial charge in [0.2, 0.25) is 0 Å². The molecule has 0 spiro atoms. The normalized spacial score (nSPS) is 14.6. The fourth-order valence-corrected chi connectivity index (χ4v) is 5.93. The van der Waals surface area contributed by atoms with Crippen LogP contribution in [0.4, 0.5) is 0 Å². The molecule has 1 aliphatic heterocycles. The van der Waals surface area contributed by atoms with Gasteiger partial charge in [-0.25, -0.2) is 9.79 Å². The van der Waals surface area contributed by atoms with E-state index in [9.17, 15) is 14.9 Å². The molecule has 1 aromatic heterocycles. The molecule has 8 nitrogen and oxygen atoms in total. The Morgan fingerprint density at radius 1 is 1.09 bits per heavy atom. The van der Waals surface area contributed by atoms with Crippen LogP contribution in [0.15, 0.2) is 93.9 Å². The molecule has 0 aliphatic carbocycles. The number of hydrogen-bond donors (Lipinski definition) is 0. The largest absolute Gasteiger partial charge is 0.491 e. The number of ether oxygens (including phenoxy) is 3. The van der Waals surface area contributed by atoms with E-state index in [0.29, 0.717) is 43.2 Å². The number of para-hydroxylation sites is 1. The Bertz CT molecular complexity index is 1910. The second-order valence-corrected chi connectivity index (χ2v) is 11.1. The van der Waals surface area contributed by atoms with E-state index in [2.05, 4.69) is 11.1 Å². The molecule has 0 fully saturated rings. The van der Waals surface area contributed by atoms with Crippen LogP contribution in [0.2, 0.25) is 0 Å². The third-order valence-electron chi connectivity index (χ3n) is 6.80. The molecule has 43 heavy (non-hydrogen) atoms. The number of esters is 1. The maximum atomic E-state index is 14.0. The fourth-order valence-electron chi connectivity index (χ4n) is 4.88. The first-order valence-corrected chi connectivity index (χ1v) is 14.8. The molecule has 0 unspecified atom stereocenters. The van der Waals surface area contributed by atoms with Gasteiger partial charge in [-0.15, -0.1) is 0 Å². The molecule has 1 atom stereocenters. The zero-order valence-electron chi connectivity index (χ0n) is 24.4. The highest BCUT2D eigenvalue weighted by Crippen LogP contribution is 2.36. The number of nitriles is 1. The van der Waals surface area contributed by atoms with Crippen LogP contribution in [0.1, 0.15) is 56.0 Å². The minimum atomic E-state index is -0.764. The predicted molar refractivity (Wildman–Crippen MR) is 165 cm³/mol. The minimum Gasteiger partial charge on any atom is -0.491 e. The van der Waals surface area contributed by atoms with Crippen LogP contribution in [0.25, 0.3) is 6.08 Å². The van der Waals surface area contributed by atoms with Crippen molar-refractivity contribution in [3.8, 4) is 17.6 Å². The molecule has 0 N–H and O–H groups in total. The molecule has 2 heterocycles. The minimum absolute atomic E-state index is 0.110. The summed E-state index contributed by atoms with van der Waals surface area (Å²) in [5.74, 6) is 0.708. The van der Waals surface area contributed by atoms with Crippen molar-refractivity contribution in [1.29, 1.82) is 5.26 Å². The lowest BCUT2D eigenvalue weighted by molar-refractivity contribution is -0.139. The molecule has 1 aliphatic rings. The summed E-state index contributed by atoms with van der Waals surface area (Å²) in [4.78, 5) is 32.3. The number of rotatable bonds is 9. The zero-order valence-corrected chi connectivity index (χ0v) is 25.2. The van der Waals surface area contributed by atoms with Crippen LogP contribution in [0, 0.1) is 11.3 Å². The zero-order chi connectivity index (χ0) is 30.5. The number of carbonyl (C=O) groups is 1. The molecule has 0 amide bonds. The highest BCUT2D eigenvalue weighted by Gasteiger charge is 2.35. The first kappa shape index (κ1) is 29.5. The van der Waals surface area contributed by atoms with Crippen LogP contribution < -0.4 is 24.4 Å². The van der Waals surface area contributed by atoms with Gasteiger partial charge in [0.25, 0.3) is 5.56 Å². The average molecular weight is 594 g/mol. The van der Waals surface area contributed by atoms with E-state index in [1.807, 2.05) is 80.6 Å². The van der Waals surface area contributed by atoms with Gasteiger partial charge in [0.1, 0.15) is 24.1 Å². The van der Waals surface area contributed by atoms with E-state index < -0.39 is 12.0 Å². The Hall–Kier alpha value is -4.94. The summed E-state index contributed by atoms with van der Waals surface area (Å²) in [7, 11) is 0. The van der Waals surface area contributed by atoms with E-state index >= 15 is 0 Å². The third-order valence-corrected chi connectivity index (χ3v) is 7.79. The molecule has 9 heteroatoms. The van der Waals surface area contributed by atoms with Crippen molar-refractivity contribution < 1.29 is 19.0 Å². The van der Waals surface area contributed by atoms with E-state index in [1.54, 1.807) is 30.6 Å². The second kappa shape index (κ2) is 12.9. The van der Waals surface area contributed by atoms with Crippen LogP contribution >= 0.6 is 11.3 Å². The highest BCUT2D eigenvalue weighted by molar-refractivity contribution is 7.07. The smallest absolute Gasteiger partial charge is 0.338 e. The van der Waals surface area contributed by atoms with E-state index in [1.165, 1.54) is 11.3 Å². The molecule has 5 rings (SSSR count). The number of hydrogen-bond acceptors (Lipinski definition) is 8. The molecule has 3 aromatic carbocycles. The monoisotopic (exact) mass is 593 g/mol. The van der Waals surface area contributed by atoms with Crippen molar-refractivity contribution in [2.24, 2.45) is 4.99 Å². The molecule has 0 saturated heterocycles. The Morgan fingerprint density at radius 3 is 2.53 bits per heavy atom. The first-order valence-electron chi connectivity index (χ1n) is 14.0. The quantitative estimate of drug-likeness (QED) is 0.252. The lowest BCUT2D eigenvalue weighted by atomic mass is 9.95. The standard InChI is InChI=1S/C34H31N3O5S/c1-5-40-33(39)30-22(4)36-34-37(31(30)27-12-8-9-13-28(27)42-21(2)3)32(38)29(43-34)18-23-14-16-26(17-15-23)41-20-25-11-7-6-10-24(25)19-35/h6-18,21,31H,5,20H2,1-4H3/b29-18+/t31-/m1/s1. The number of allylic oxidation sites excluding steroid dienone is 1. The summed E-state index contributed by atoms with van der Waals surface area (Å²) >= 11 is 1.26. The lowest BCUT2D eigenvalue weighted by Gasteiger charge is -2.26. The third kappa shape index (κ3) is 6.30. The van der Waals surface area contributed by atoms with Gasteiger partial charge < -0.3 is 14.2 Å². The molecule has 4 aromatic rings. The van der Waals surface area contributed by atoms with Crippen LogP contribution in [-0.4, -0.2) is 23.2 Å². The topological polar surface area (TPSA) is 103 Å². The maximum Gasteiger partial charge on any atom is 0.338 e. The van der Waals surface area contributed by atoms with E-state index in [0.717, 1.165) is 11.1 Å². The van der Waals surface area contributed by atoms with Crippen molar-refractivity contribution in [2.75, 3.05) is 6.61 Å². The van der Waals surface area contributed by atoms with Gasteiger partial charge >= 0.3 is 5.97 Å². The van der Waals surface area contributed by atoms with Gasteiger partial charge in [0.05, 0.1) is 40.1 Å². The summed E-state index contributed by atoms with van der Waals surface area (Å²) in [6.07, 6.45) is 1.69. The Labute approximate surface area is 253 Å². The SMILES string of the molecule is CCOC(=O)C1=C(C)N=c2s/c(=C/c3ccc(OCc4ccccc4C#N)cc3)c(=O)n2[C@@H]1c1ccccc1OC(C)C. The van der Waals surface area contributed by atoms with Crippen molar-refractivity contribution >= 4 is 23.4 Å². The number of aromatic nitrogens is 1. The second-order valence-electron chi connectivity index (χ2n) is 10.1. The molecular formula is C34H31N3O5S. The number of fused-ring (bicyclic) bond motifs is 1. The Morgan fingerprint density at radius 2 is 1.81 bits per heavy atom. The summed E-state index contributed by atoms with van der Waals surface area (Å²) in [6, 6.07) is 23.5. The number of nitrogens with zero attached hydrogens (tertiary/aromatic N) is 3. The highest BCUT2D eigenvalue weighted by atomic mass is 32.1. The van der Waals surface area contributed by atoms with Gasteiger partial charge in [-0.1, -0.05) is 59.9 Å². The maximum absolute atomic E-state index is 14.0. The molecule has 218 valence electrons. The van der Waals surface area contributed by atoms with Crippen molar-refractivity contribution in [2.45, 2.75) is 46.4 Å². The summed E-state index contributed by atoms with van der Waals surface area (Å²) in [5.41, 5.74) is 3.40. The number of thiazole rings is 1. The Balaban J connectivity index is 1.53. The van der Waals surface area contributed by atoms with Crippen molar-refractivity contribution in [3.05, 3.63) is 126 Å². The molecule has 0 bridgehead atoms. The van der Waals surface area contributed by atoms with Crippen molar-refractivity contribution in [3.63, 3.8) is 0 Å². The number of benzene rings is 3. The first-order chi connectivity index (χ1) is 20.8. The Kier molecular flexibility index (Phi) is 8.88. The van der Waals surface area contributed by atoms with Crippen LogP contribution in [-0.2, 0) is 16.1 Å². The van der Waals surface area contributed by atoms with Crippen LogP contribution in [0.5, 0.6) is 11.5 Å². The van der Waals surface area contributed by atoms with Gasteiger partial charge in [0.15, 0.2) is 4.80 Å². The van der Waals surface area contributed by atoms with E-state index in [4.69, 9.17) is 14.2 Å². The van der Waals surface area contributed by atoms with Gasteiger partial charge in [0, 0.05) is 11.1 Å². The number of carbonyl (C=O) groups excluding carboxylic acids is 1. The van der Waals surface area contributed by atoms with E-state index in [-0.39, 0.29) is 24.9 Å². The lowest BCUT2D eigenvalue weighted by Crippen LogP contribution is -2.40. The van der Waals surface area contributed by atoms with Gasteiger partial charge in [-0.3, -0.25) is 9.36 Å². The average Bonchev–Trinajstić information content (AvgIpc) is 3.30. The van der Waals surface area contributed by atoms with Gasteiger partial charge in [-0.2, -0.15) is 5.26 Å². The van der Waals surface area contributed by atoms with Crippen LogP contribution in [0.3, 0.4) is 0 Å². The molecular weight excluding hydrogens is 562 g/mol. The van der Waals surface area contributed by atoms with Gasteiger partial charge in [-0.05, 0) is 63.6 Å². The summed E-state index contributed by atoms with van der Waals surface area (Å²) in [6.45, 7) is 7.83. The predicted octanol–water partition coefficient (Wildman–Crippen LogP) is 5.04. The van der Waals surface area contributed by atoms with Crippen molar-refractivity contribution in [1.82, 2.24) is 4.57 Å².